The predicted molar refractivity (Wildman–Crippen MR) is 140 cm³/mol. The van der Waals surface area contributed by atoms with Gasteiger partial charge in [0.05, 0.1) is 22.8 Å². The van der Waals surface area contributed by atoms with Crippen molar-refractivity contribution < 1.29 is 32.7 Å². The number of nitrogens with one attached hydrogen (secondary N) is 1. The molecule has 1 saturated heterocycles. The van der Waals surface area contributed by atoms with E-state index in [9.17, 15) is 4.79 Å². The molecular weight excluding hydrogens is 500 g/mol. The highest BCUT2D eigenvalue weighted by Crippen LogP contribution is 2.52. The van der Waals surface area contributed by atoms with Gasteiger partial charge < -0.3 is 28.8 Å². The lowest BCUT2D eigenvalue weighted by molar-refractivity contribution is -0.0562. The third-order valence-electron chi connectivity index (χ3n) is 7.12. The Kier molecular flexibility index (Phi) is 7.08. The van der Waals surface area contributed by atoms with Gasteiger partial charge in [-0.3, -0.25) is 0 Å². The van der Waals surface area contributed by atoms with Gasteiger partial charge in [-0.25, -0.2) is 9.18 Å². The molecule has 7 nitrogen and oxygen atoms in total. The number of fused-ring (bicyclic) bond motifs is 1. The summed E-state index contributed by atoms with van der Waals surface area (Å²) in [4.78, 5) is 12.6. The van der Waals surface area contributed by atoms with E-state index >= 15 is 4.39 Å². The van der Waals surface area contributed by atoms with Crippen LogP contribution in [0.2, 0.25) is 5.02 Å². The summed E-state index contributed by atoms with van der Waals surface area (Å²) in [6.07, 6.45) is -1.42. The van der Waals surface area contributed by atoms with E-state index in [2.05, 4.69) is 5.32 Å². The Balaban J connectivity index is 1.83. The van der Waals surface area contributed by atoms with E-state index in [1.807, 2.05) is 58.0 Å². The first kappa shape index (κ1) is 27.7. The van der Waals surface area contributed by atoms with Gasteiger partial charge in [-0.2, -0.15) is 0 Å². The second-order valence-electron chi connectivity index (χ2n) is 11.4. The number of alkyl carbamates (subject to hydrolysis) is 1. The van der Waals surface area contributed by atoms with Crippen LogP contribution in [0.25, 0.3) is 0 Å². The maximum atomic E-state index is 15.2. The lowest BCUT2D eigenvalue weighted by atomic mass is 9.72. The summed E-state index contributed by atoms with van der Waals surface area (Å²) in [7, 11) is 0.563. The first-order valence-electron chi connectivity index (χ1n) is 12.2. The Morgan fingerprint density at radius 2 is 1.73 bits per heavy atom. The summed E-state index contributed by atoms with van der Waals surface area (Å²) in [5.41, 5.74) is -1.80. The van der Waals surface area contributed by atoms with Crippen molar-refractivity contribution >= 4 is 30.3 Å². The highest BCUT2D eigenvalue weighted by Gasteiger charge is 2.58. The Hall–Kier alpha value is -2.33. The van der Waals surface area contributed by atoms with Gasteiger partial charge in [-0.05, 0) is 48.5 Å². The molecule has 2 aromatic carbocycles. The first-order valence-corrected chi connectivity index (χ1v) is 12.6. The first-order chi connectivity index (χ1) is 17.1. The van der Waals surface area contributed by atoms with E-state index in [0.29, 0.717) is 16.6 Å². The third-order valence-corrected chi connectivity index (χ3v) is 7.50. The zero-order chi connectivity index (χ0) is 27.4. The molecule has 10 heteroatoms. The second-order valence-corrected chi connectivity index (χ2v) is 11.8. The van der Waals surface area contributed by atoms with E-state index < -0.39 is 47.5 Å². The largest absolute Gasteiger partial charge is 0.497 e. The zero-order valence-electron chi connectivity index (χ0n) is 22.5. The molecule has 1 N–H and O–H groups in total. The van der Waals surface area contributed by atoms with Crippen LogP contribution in [-0.4, -0.2) is 43.7 Å². The van der Waals surface area contributed by atoms with E-state index in [1.165, 1.54) is 13.2 Å². The molecule has 0 aromatic heterocycles. The molecule has 4 rings (SSSR count). The number of ether oxygens (including phenoxy) is 3. The summed E-state index contributed by atoms with van der Waals surface area (Å²) in [6, 6.07) is 10.5. The molecule has 2 aliphatic rings. The molecule has 0 bridgehead atoms. The Morgan fingerprint density at radius 3 is 2.27 bits per heavy atom. The number of halogens is 2. The number of rotatable bonds is 5. The molecule has 2 aliphatic heterocycles. The summed E-state index contributed by atoms with van der Waals surface area (Å²) in [5.74, 6) is -0.447. The topological polar surface area (TPSA) is 75.3 Å². The Bertz CT molecular complexity index is 1170. The van der Waals surface area contributed by atoms with Crippen LogP contribution in [-0.2, 0) is 24.4 Å². The fraction of sp³-hybridized carbons (Fsp3) is 0.519. The van der Waals surface area contributed by atoms with Crippen molar-refractivity contribution in [2.45, 2.75) is 77.0 Å². The summed E-state index contributed by atoms with van der Waals surface area (Å²) in [5, 5.41) is 2.68. The van der Waals surface area contributed by atoms with Crippen molar-refractivity contribution in [2.24, 2.45) is 0 Å². The smallest absolute Gasteiger partial charge is 0.477 e. The summed E-state index contributed by atoms with van der Waals surface area (Å²) >= 11 is 6.57. The van der Waals surface area contributed by atoms with Crippen LogP contribution in [0, 0.1) is 5.82 Å². The van der Waals surface area contributed by atoms with E-state index in [0.717, 1.165) is 0 Å². The van der Waals surface area contributed by atoms with Gasteiger partial charge in [-0.1, -0.05) is 41.9 Å². The molecule has 2 aromatic rings. The van der Waals surface area contributed by atoms with Gasteiger partial charge >= 0.3 is 13.2 Å². The SMILES string of the molecule is CO[C@H]1c2c(cc(F)c(Cl)c2B2OC(C)(C)C(C)(C)O2)O[C@]1(CNC(=O)OC(C)(C)C)c1ccccc1. The van der Waals surface area contributed by atoms with Crippen LogP contribution < -0.4 is 15.5 Å². The number of carbonyl (C=O) groups is 1. The minimum atomic E-state index is -1.26. The maximum absolute atomic E-state index is 15.2. The molecule has 0 saturated carbocycles. The number of hydrogen-bond donors (Lipinski definition) is 1. The van der Waals surface area contributed by atoms with Crippen molar-refractivity contribution in [1.29, 1.82) is 0 Å². The third kappa shape index (κ3) is 4.94. The Morgan fingerprint density at radius 1 is 1.14 bits per heavy atom. The Labute approximate surface area is 223 Å². The molecule has 2 heterocycles. The fourth-order valence-corrected chi connectivity index (χ4v) is 4.90. The van der Waals surface area contributed by atoms with Crippen molar-refractivity contribution in [3.05, 3.63) is 58.4 Å². The number of benzene rings is 2. The van der Waals surface area contributed by atoms with Crippen molar-refractivity contribution in [3.8, 4) is 5.75 Å². The molecule has 200 valence electrons. The number of amides is 1. The molecule has 1 amide bonds. The van der Waals surface area contributed by atoms with Gasteiger partial charge in [-0.15, -0.1) is 0 Å². The second kappa shape index (κ2) is 9.45. The predicted octanol–water partition coefficient (Wildman–Crippen LogP) is 5.28. The molecule has 0 aliphatic carbocycles. The highest BCUT2D eigenvalue weighted by atomic mass is 35.5. The van der Waals surface area contributed by atoms with Crippen LogP contribution in [0.15, 0.2) is 36.4 Å². The van der Waals surface area contributed by atoms with Crippen LogP contribution in [0.5, 0.6) is 5.75 Å². The van der Waals surface area contributed by atoms with Gasteiger partial charge in [0.1, 0.15) is 23.3 Å². The minimum Gasteiger partial charge on any atom is -0.477 e. The molecule has 0 spiro atoms. The van der Waals surface area contributed by atoms with E-state index in [4.69, 9.17) is 35.1 Å². The van der Waals surface area contributed by atoms with Crippen molar-refractivity contribution in [1.82, 2.24) is 5.32 Å². The van der Waals surface area contributed by atoms with Gasteiger partial charge in [0, 0.05) is 29.8 Å². The fourth-order valence-electron chi connectivity index (χ4n) is 4.65. The zero-order valence-corrected chi connectivity index (χ0v) is 23.3. The molecule has 0 radical (unpaired) electrons. The molecule has 2 atom stereocenters. The van der Waals surface area contributed by atoms with Crippen LogP contribution in [0.3, 0.4) is 0 Å². The number of methoxy groups -OCH3 is 1. The van der Waals surface area contributed by atoms with Gasteiger partial charge in [0.25, 0.3) is 0 Å². The number of hydrogen-bond acceptors (Lipinski definition) is 6. The highest BCUT2D eigenvalue weighted by molar-refractivity contribution is 6.66. The number of carbonyl (C=O) groups excluding carboxylic acids is 1. The van der Waals surface area contributed by atoms with Gasteiger partial charge in [0.2, 0.25) is 0 Å². The van der Waals surface area contributed by atoms with Crippen LogP contribution in [0.1, 0.15) is 65.7 Å². The lowest BCUT2D eigenvalue weighted by Gasteiger charge is -2.35. The lowest BCUT2D eigenvalue weighted by Crippen LogP contribution is -2.49. The van der Waals surface area contributed by atoms with Crippen LogP contribution in [0.4, 0.5) is 9.18 Å². The maximum Gasteiger partial charge on any atom is 0.497 e. The monoisotopic (exact) mass is 533 g/mol. The average Bonchev–Trinajstić information content (AvgIpc) is 3.21. The quantitative estimate of drug-likeness (QED) is 0.527. The summed E-state index contributed by atoms with van der Waals surface area (Å²) < 4.78 is 45.7. The van der Waals surface area contributed by atoms with Gasteiger partial charge in [0.15, 0.2) is 5.60 Å². The average molecular weight is 534 g/mol. The molecule has 0 unspecified atom stereocenters. The standard InChI is InChI=1S/C27H34BClFNO6/c1-24(2,3)35-23(32)31-15-27(16-12-10-9-11-13-16)22(33-8)19-18(34-27)14-17(30)21(29)20(19)28-36-25(4,5)26(6,7)37-28/h9-14,22H,15H2,1-8H3,(H,31,32)/t22-,27+/m0/s1. The van der Waals surface area contributed by atoms with E-state index in [1.54, 1.807) is 20.8 Å². The van der Waals surface area contributed by atoms with E-state index in [-0.39, 0.29) is 17.3 Å². The summed E-state index contributed by atoms with van der Waals surface area (Å²) in [6.45, 7) is 12.9. The normalized spacial score (nSPS) is 23.9. The van der Waals surface area contributed by atoms with Crippen LogP contribution >= 0.6 is 11.6 Å². The van der Waals surface area contributed by atoms with Crippen molar-refractivity contribution in [3.63, 3.8) is 0 Å². The minimum absolute atomic E-state index is 0.0266. The molecule has 1 fully saturated rings. The van der Waals surface area contributed by atoms with Crippen molar-refractivity contribution in [2.75, 3.05) is 13.7 Å². The molecular formula is C27H34BClFNO6. The molecule has 37 heavy (non-hydrogen) atoms.